The molecule has 0 unspecified atom stereocenters. The van der Waals surface area contributed by atoms with Gasteiger partial charge in [-0.1, -0.05) is 25.1 Å². The average molecular weight is 364 g/mol. The highest BCUT2D eigenvalue weighted by atomic mass is 19.1. The Morgan fingerprint density at radius 2 is 1.70 bits per heavy atom. The van der Waals surface area contributed by atoms with Crippen molar-refractivity contribution in [3.8, 4) is 5.69 Å². The number of para-hydroxylation sites is 1. The normalized spacial score (nSPS) is 10.7. The lowest BCUT2D eigenvalue weighted by molar-refractivity contribution is -0.112. The SMILES string of the molecule is CCc1ccccc1NC(=O)C(=O)c1cc(C)n(-c2ccc(F)cc2)c1C. The molecule has 1 aromatic heterocycles. The fourth-order valence-corrected chi connectivity index (χ4v) is 3.23. The molecule has 5 heteroatoms. The minimum absolute atomic E-state index is 0.327. The van der Waals surface area contributed by atoms with Crippen molar-refractivity contribution in [2.45, 2.75) is 27.2 Å². The van der Waals surface area contributed by atoms with Crippen LogP contribution >= 0.6 is 0 Å². The molecule has 0 spiro atoms. The first kappa shape index (κ1) is 18.6. The number of aryl methyl sites for hydroxylation is 2. The third kappa shape index (κ3) is 3.67. The molecule has 4 nitrogen and oxygen atoms in total. The Morgan fingerprint density at radius 3 is 2.37 bits per heavy atom. The minimum Gasteiger partial charge on any atom is -0.319 e. The molecule has 2 aromatic carbocycles. The maximum Gasteiger partial charge on any atom is 0.296 e. The number of hydrogen-bond acceptors (Lipinski definition) is 2. The predicted octanol–water partition coefficient (Wildman–Crippen LogP) is 4.62. The van der Waals surface area contributed by atoms with Gasteiger partial charge in [-0.15, -0.1) is 0 Å². The van der Waals surface area contributed by atoms with E-state index in [9.17, 15) is 14.0 Å². The highest BCUT2D eigenvalue weighted by Gasteiger charge is 2.23. The standard InChI is InChI=1S/C22H21FN2O2/c1-4-16-7-5-6-8-20(16)24-22(27)21(26)19-13-14(2)25(15(19)3)18-11-9-17(23)10-12-18/h5-13H,4H2,1-3H3,(H,24,27). The van der Waals surface area contributed by atoms with Gasteiger partial charge in [-0.25, -0.2) is 4.39 Å². The number of ketones is 1. The molecule has 1 amide bonds. The van der Waals surface area contributed by atoms with Crippen LogP contribution in [0, 0.1) is 19.7 Å². The van der Waals surface area contributed by atoms with Gasteiger partial charge in [0.2, 0.25) is 0 Å². The van der Waals surface area contributed by atoms with E-state index >= 15 is 0 Å². The van der Waals surface area contributed by atoms with E-state index < -0.39 is 11.7 Å². The van der Waals surface area contributed by atoms with Crippen molar-refractivity contribution in [3.63, 3.8) is 0 Å². The van der Waals surface area contributed by atoms with Gasteiger partial charge in [0.05, 0.1) is 0 Å². The van der Waals surface area contributed by atoms with Gasteiger partial charge in [0.25, 0.3) is 11.7 Å². The van der Waals surface area contributed by atoms with Crippen LogP contribution in [-0.2, 0) is 11.2 Å². The number of nitrogens with zero attached hydrogens (tertiary/aromatic N) is 1. The molecule has 0 aliphatic carbocycles. The van der Waals surface area contributed by atoms with Gasteiger partial charge in [-0.2, -0.15) is 0 Å². The largest absolute Gasteiger partial charge is 0.319 e. The quantitative estimate of drug-likeness (QED) is 0.531. The molecular weight excluding hydrogens is 343 g/mol. The average Bonchev–Trinajstić information content (AvgIpc) is 2.96. The zero-order valence-corrected chi connectivity index (χ0v) is 15.5. The molecule has 0 saturated carbocycles. The monoisotopic (exact) mass is 364 g/mol. The molecule has 3 aromatic rings. The van der Waals surface area contributed by atoms with Crippen molar-refractivity contribution in [2.24, 2.45) is 0 Å². The molecule has 0 bridgehead atoms. The summed E-state index contributed by atoms with van der Waals surface area (Å²) in [5.74, 6) is -1.59. The third-order valence-electron chi connectivity index (χ3n) is 4.61. The Balaban J connectivity index is 1.90. The molecule has 1 heterocycles. The van der Waals surface area contributed by atoms with Crippen molar-refractivity contribution in [2.75, 3.05) is 5.32 Å². The molecule has 0 aliphatic rings. The summed E-state index contributed by atoms with van der Waals surface area (Å²) in [6, 6.07) is 15.1. The van der Waals surface area contributed by atoms with Gasteiger partial charge in [-0.05, 0) is 62.2 Å². The summed E-state index contributed by atoms with van der Waals surface area (Å²) >= 11 is 0. The zero-order valence-electron chi connectivity index (χ0n) is 15.5. The van der Waals surface area contributed by atoms with Gasteiger partial charge >= 0.3 is 0 Å². The fraction of sp³-hybridized carbons (Fsp3) is 0.182. The van der Waals surface area contributed by atoms with Gasteiger partial charge in [-0.3, -0.25) is 9.59 Å². The van der Waals surface area contributed by atoms with Crippen LogP contribution in [0.2, 0.25) is 0 Å². The Labute approximate surface area is 157 Å². The van der Waals surface area contributed by atoms with E-state index in [0.717, 1.165) is 23.4 Å². The number of halogens is 1. The van der Waals surface area contributed by atoms with Gasteiger partial charge in [0.1, 0.15) is 5.82 Å². The number of nitrogens with one attached hydrogen (secondary N) is 1. The summed E-state index contributed by atoms with van der Waals surface area (Å²) in [4.78, 5) is 25.3. The highest BCUT2D eigenvalue weighted by Crippen LogP contribution is 2.22. The summed E-state index contributed by atoms with van der Waals surface area (Å²) in [5.41, 5.74) is 4.12. The van der Waals surface area contributed by atoms with Crippen molar-refractivity contribution in [1.82, 2.24) is 4.57 Å². The van der Waals surface area contributed by atoms with Gasteiger partial charge in [0.15, 0.2) is 0 Å². The number of carbonyl (C=O) groups excluding carboxylic acids is 2. The van der Waals surface area contributed by atoms with Crippen LogP contribution in [0.15, 0.2) is 54.6 Å². The molecule has 3 rings (SSSR count). The predicted molar refractivity (Wildman–Crippen MR) is 104 cm³/mol. The van der Waals surface area contributed by atoms with Crippen LogP contribution < -0.4 is 5.32 Å². The maximum atomic E-state index is 13.2. The summed E-state index contributed by atoms with van der Waals surface area (Å²) in [7, 11) is 0. The van der Waals surface area contributed by atoms with Crippen LogP contribution in [0.5, 0.6) is 0 Å². The molecule has 0 atom stereocenters. The number of aromatic nitrogens is 1. The zero-order chi connectivity index (χ0) is 19.6. The lowest BCUT2D eigenvalue weighted by atomic mass is 10.1. The van der Waals surface area contributed by atoms with E-state index in [1.807, 2.05) is 36.6 Å². The van der Waals surface area contributed by atoms with E-state index in [4.69, 9.17) is 0 Å². The molecule has 27 heavy (non-hydrogen) atoms. The lowest BCUT2D eigenvalue weighted by Gasteiger charge is -2.11. The first-order valence-corrected chi connectivity index (χ1v) is 8.80. The number of anilines is 1. The smallest absolute Gasteiger partial charge is 0.296 e. The van der Waals surface area contributed by atoms with E-state index in [1.54, 1.807) is 31.2 Å². The van der Waals surface area contributed by atoms with Crippen LogP contribution in [0.3, 0.4) is 0 Å². The number of amides is 1. The van der Waals surface area contributed by atoms with E-state index in [0.29, 0.717) is 16.9 Å². The molecule has 0 saturated heterocycles. The third-order valence-corrected chi connectivity index (χ3v) is 4.61. The number of rotatable bonds is 5. The second-order valence-electron chi connectivity index (χ2n) is 6.39. The number of benzene rings is 2. The number of Topliss-reactive ketones (excluding diaryl/α,β-unsaturated/α-hetero) is 1. The first-order valence-electron chi connectivity index (χ1n) is 8.80. The summed E-state index contributed by atoms with van der Waals surface area (Å²) < 4.78 is 15.0. The first-order chi connectivity index (χ1) is 12.9. The van der Waals surface area contributed by atoms with E-state index in [2.05, 4.69) is 5.32 Å². The lowest BCUT2D eigenvalue weighted by Crippen LogP contribution is -2.24. The topological polar surface area (TPSA) is 51.1 Å². The highest BCUT2D eigenvalue weighted by molar-refractivity contribution is 6.46. The van der Waals surface area contributed by atoms with Crippen LogP contribution in [0.25, 0.3) is 5.69 Å². The Bertz CT molecular complexity index is 1000. The van der Waals surface area contributed by atoms with Crippen LogP contribution in [-0.4, -0.2) is 16.3 Å². The second kappa shape index (κ2) is 7.58. The van der Waals surface area contributed by atoms with Crippen LogP contribution in [0.1, 0.15) is 34.2 Å². The van der Waals surface area contributed by atoms with Crippen LogP contribution in [0.4, 0.5) is 10.1 Å². The van der Waals surface area contributed by atoms with Crippen molar-refractivity contribution >= 4 is 17.4 Å². The Kier molecular flexibility index (Phi) is 5.21. The summed E-state index contributed by atoms with van der Waals surface area (Å²) in [6.07, 6.45) is 0.754. The summed E-state index contributed by atoms with van der Waals surface area (Å²) in [5, 5.41) is 2.72. The molecule has 138 valence electrons. The molecule has 0 radical (unpaired) electrons. The van der Waals surface area contributed by atoms with E-state index in [-0.39, 0.29) is 5.82 Å². The number of hydrogen-bond donors (Lipinski definition) is 1. The van der Waals surface area contributed by atoms with Crippen molar-refractivity contribution in [1.29, 1.82) is 0 Å². The summed E-state index contributed by atoms with van der Waals surface area (Å²) in [6.45, 7) is 5.61. The molecular formula is C22H21FN2O2. The Morgan fingerprint density at radius 1 is 1.04 bits per heavy atom. The minimum atomic E-state index is -0.671. The Hall–Kier alpha value is -3.21. The van der Waals surface area contributed by atoms with Gasteiger partial charge < -0.3 is 9.88 Å². The number of carbonyl (C=O) groups is 2. The van der Waals surface area contributed by atoms with E-state index in [1.165, 1.54) is 12.1 Å². The molecule has 0 aliphatic heterocycles. The van der Waals surface area contributed by atoms with Gasteiger partial charge in [0, 0.05) is 28.3 Å². The second-order valence-corrected chi connectivity index (χ2v) is 6.39. The maximum absolute atomic E-state index is 13.2. The molecule has 1 N–H and O–H groups in total. The molecule has 0 fully saturated rings. The van der Waals surface area contributed by atoms with Crippen molar-refractivity contribution in [3.05, 3.63) is 82.9 Å². The van der Waals surface area contributed by atoms with Crippen molar-refractivity contribution < 1.29 is 14.0 Å². The fourth-order valence-electron chi connectivity index (χ4n) is 3.23.